The highest BCUT2D eigenvalue weighted by Gasteiger charge is 2.03. The van der Waals surface area contributed by atoms with Gasteiger partial charge in [-0.1, -0.05) is 24.3 Å². The molecule has 0 unspecified atom stereocenters. The standard InChI is InChI=1S/C14H14O2/c1-15-13-8-7-12(14(10-13)16-2)9-11-5-3-4-6-11/h3-10H,1-2H3. The van der Waals surface area contributed by atoms with E-state index in [2.05, 4.69) is 18.2 Å². The molecule has 1 aromatic carbocycles. The van der Waals surface area contributed by atoms with Crippen LogP contribution in [-0.2, 0) is 0 Å². The third-order valence-electron chi connectivity index (χ3n) is 2.45. The quantitative estimate of drug-likeness (QED) is 0.769. The number of hydrogen-bond donors (Lipinski definition) is 0. The van der Waals surface area contributed by atoms with Crippen molar-refractivity contribution in [3.63, 3.8) is 0 Å². The van der Waals surface area contributed by atoms with Crippen LogP contribution in [-0.4, -0.2) is 14.2 Å². The number of hydrogen-bond acceptors (Lipinski definition) is 2. The summed E-state index contributed by atoms with van der Waals surface area (Å²) in [5.74, 6) is 1.62. The van der Waals surface area contributed by atoms with Gasteiger partial charge in [0.05, 0.1) is 14.2 Å². The molecule has 1 aliphatic carbocycles. The number of allylic oxidation sites excluding steroid dienone is 5. The number of benzene rings is 1. The van der Waals surface area contributed by atoms with Gasteiger partial charge in [0.1, 0.15) is 11.5 Å². The van der Waals surface area contributed by atoms with Crippen LogP contribution >= 0.6 is 0 Å². The molecular weight excluding hydrogens is 200 g/mol. The summed E-state index contributed by atoms with van der Waals surface area (Å²) in [6.07, 6.45) is 10.2. The Morgan fingerprint density at radius 1 is 1.00 bits per heavy atom. The zero-order valence-electron chi connectivity index (χ0n) is 9.44. The zero-order chi connectivity index (χ0) is 11.4. The van der Waals surface area contributed by atoms with Gasteiger partial charge >= 0.3 is 0 Å². The highest BCUT2D eigenvalue weighted by Crippen LogP contribution is 2.27. The molecule has 2 rings (SSSR count). The van der Waals surface area contributed by atoms with Gasteiger partial charge in [-0.3, -0.25) is 0 Å². The SMILES string of the molecule is COc1ccc(C=C2C=CC=C2)c(OC)c1. The third kappa shape index (κ3) is 2.16. The first-order valence-electron chi connectivity index (χ1n) is 5.12. The summed E-state index contributed by atoms with van der Waals surface area (Å²) in [5, 5.41) is 0. The van der Waals surface area contributed by atoms with Gasteiger partial charge in [0, 0.05) is 11.6 Å². The molecule has 0 radical (unpaired) electrons. The summed E-state index contributed by atoms with van der Waals surface area (Å²) in [7, 11) is 3.31. The molecule has 82 valence electrons. The van der Waals surface area contributed by atoms with Crippen molar-refractivity contribution in [3.05, 3.63) is 53.6 Å². The maximum Gasteiger partial charge on any atom is 0.129 e. The highest BCUT2D eigenvalue weighted by atomic mass is 16.5. The van der Waals surface area contributed by atoms with E-state index in [9.17, 15) is 0 Å². The average Bonchev–Trinajstić information content (AvgIpc) is 2.82. The Morgan fingerprint density at radius 3 is 2.38 bits per heavy atom. The Morgan fingerprint density at radius 2 is 1.75 bits per heavy atom. The van der Waals surface area contributed by atoms with Gasteiger partial charge < -0.3 is 9.47 Å². The van der Waals surface area contributed by atoms with Crippen molar-refractivity contribution in [2.75, 3.05) is 14.2 Å². The topological polar surface area (TPSA) is 18.5 Å². The summed E-state index contributed by atoms with van der Waals surface area (Å²) in [6, 6.07) is 5.80. The van der Waals surface area contributed by atoms with E-state index in [1.807, 2.05) is 30.4 Å². The molecule has 0 amide bonds. The zero-order valence-corrected chi connectivity index (χ0v) is 9.44. The van der Waals surface area contributed by atoms with Gasteiger partial charge in [0.25, 0.3) is 0 Å². The Bertz CT molecular complexity index is 454. The maximum absolute atomic E-state index is 5.33. The van der Waals surface area contributed by atoms with E-state index < -0.39 is 0 Å². The average molecular weight is 214 g/mol. The molecule has 0 N–H and O–H groups in total. The second-order valence-electron chi connectivity index (χ2n) is 3.47. The number of methoxy groups -OCH3 is 2. The molecule has 1 aromatic rings. The van der Waals surface area contributed by atoms with Crippen LogP contribution in [0, 0.1) is 0 Å². The number of ether oxygens (including phenoxy) is 2. The summed E-state index contributed by atoms with van der Waals surface area (Å²) in [6.45, 7) is 0. The van der Waals surface area contributed by atoms with Crippen LogP contribution in [0.15, 0.2) is 48.1 Å². The molecule has 16 heavy (non-hydrogen) atoms. The van der Waals surface area contributed by atoms with E-state index in [0.717, 1.165) is 17.1 Å². The van der Waals surface area contributed by atoms with Crippen molar-refractivity contribution in [3.8, 4) is 11.5 Å². The molecule has 0 atom stereocenters. The lowest BCUT2D eigenvalue weighted by Crippen LogP contribution is -1.89. The third-order valence-corrected chi connectivity index (χ3v) is 2.45. The van der Waals surface area contributed by atoms with Gasteiger partial charge in [0.2, 0.25) is 0 Å². The van der Waals surface area contributed by atoms with Crippen molar-refractivity contribution in [2.45, 2.75) is 0 Å². The van der Waals surface area contributed by atoms with E-state index in [1.54, 1.807) is 14.2 Å². The van der Waals surface area contributed by atoms with E-state index in [-0.39, 0.29) is 0 Å². The van der Waals surface area contributed by atoms with Crippen LogP contribution in [0.3, 0.4) is 0 Å². The summed E-state index contributed by atoms with van der Waals surface area (Å²) >= 11 is 0. The minimum Gasteiger partial charge on any atom is -0.497 e. The molecule has 0 spiro atoms. The molecule has 2 nitrogen and oxygen atoms in total. The fourth-order valence-corrected chi connectivity index (χ4v) is 1.60. The predicted octanol–water partition coefficient (Wildman–Crippen LogP) is 3.21. The molecule has 0 saturated heterocycles. The van der Waals surface area contributed by atoms with E-state index in [4.69, 9.17) is 9.47 Å². The Hall–Kier alpha value is -1.96. The van der Waals surface area contributed by atoms with Crippen LogP contribution < -0.4 is 9.47 Å². The summed E-state index contributed by atoms with van der Waals surface area (Å²) < 4.78 is 10.5. The Labute approximate surface area is 95.5 Å². The fraction of sp³-hybridized carbons (Fsp3) is 0.143. The van der Waals surface area contributed by atoms with Crippen molar-refractivity contribution < 1.29 is 9.47 Å². The predicted molar refractivity (Wildman–Crippen MR) is 65.8 cm³/mol. The van der Waals surface area contributed by atoms with Crippen molar-refractivity contribution >= 4 is 6.08 Å². The monoisotopic (exact) mass is 214 g/mol. The molecule has 0 saturated carbocycles. The van der Waals surface area contributed by atoms with E-state index >= 15 is 0 Å². The maximum atomic E-state index is 5.33. The Balaban J connectivity index is 2.37. The molecule has 2 heteroatoms. The van der Waals surface area contributed by atoms with Crippen LogP contribution in [0.2, 0.25) is 0 Å². The highest BCUT2D eigenvalue weighted by molar-refractivity contribution is 5.67. The molecule has 0 aromatic heterocycles. The molecule has 0 aliphatic heterocycles. The minimum atomic E-state index is 0.802. The largest absolute Gasteiger partial charge is 0.497 e. The molecule has 1 aliphatic rings. The normalized spacial score (nSPS) is 13.0. The second kappa shape index (κ2) is 4.71. The van der Waals surface area contributed by atoms with Crippen molar-refractivity contribution in [1.82, 2.24) is 0 Å². The summed E-state index contributed by atoms with van der Waals surface area (Å²) in [4.78, 5) is 0. The molecular formula is C14H14O2. The molecule has 0 heterocycles. The van der Waals surface area contributed by atoms with Gasteiger partial charge in [0.15, 0.2) is 0 Å². The Kier molecular flexibility index (Phi) is 3.10. The lowest BCUT2D eigenvalue weighted by molar-refractivity contribution is 0.393. The van der Waals surface area contributed by atoms with Crippen LogP contribution in [0.25, 0.3) is 6.08 Å². The van der Waals surface area contributed by atoms with Crippen molar-refractivity contribution in [1.29, 1.82) is 0 Å². The molecule has 0 fully saturated rings. The van der Waals surface area contributed by atoms with Gasteiger partial charge in [-0.25, -0.2) is 0 Å². The molecule has 0 bridgehead atoms. The first-order chi connectivity index (χ1) is 7.83. The van der Waals surface area contributed by atoms with Crippen LogP contribution in [0.1, 0.15) is 5.56 Å². The first kappa shape index (κ1) is 10.6. The lowest BCUT2D eigenvalue weighted by Gasteiger charge is -2.07. The van der Waals surface area contributed by atoms with Crippen LogP contribution in [0.4, 0.5) is 0 Å². The van der Waals surface area contributed by atoms with Gasteiger partial charge in [-0.2, -0.15) is 0 Å². The van der Waals surface area contributed by atoms with Crippen LogP contribution in [0.5, 0.6) is 11.5 Å². The lowest BCUT2D eigenvalue weighted by atomic mass is 10.1. The van der Waals surface area contributed by atoms with Gasteiger partial charge in [-0.05, 0) is 23.8 Å². The van der Waals surface area contributed by atoms with E-state index in [1.165, 1.54) is 5.57 Å². The number of rotatable bonds is 3. The minimum absolute atomic E-state index is 0.802. The van der Waals surface area contributed by atoms with Gasteiger partial charge in [-0.15, -0.1) is 0 Å². The first-order valence-corrected chi connectivity index (χ1v) is 5.12. The van der Waals surface area contributed by atoms with E-state index in [0.29, 0.717) is 0 Å². The fourth-order valence-electron chi connectivity index (χ4n) is 1.60. The summed E-state index contributed by atoms with van der Waals surface area (Å²) in [5.41, 5.74) is 2.22. The smallest absolute Gasteiger partial charge is 0.129 e. The second-order valence-corrected chi connectivity index (χ2v) is 3.47. The van der Waals surface area contributed by atoms with Crippen molar-refractivity contribution in [2.24, 2.45) is 0 Å².